The van der Waals surface area contributed by atoms with Crippen molar-refractivity contribution < 1.29 is 0 Å². The average molecular weight is 978 g/mol. The number of hydrogen-bond donors (Lipinski definition) is 0. The molecule has 342 valence electrons. The summed E-state index contributed by atoms with van der Waals surface area (Å²) in [5.74, 6) is 1.44. The number of thiophene rings is 2. The van der Waals surface area contributed by atoms with Crippen LogP contribution < -0.4 is 0 Å². The van der Waals surface area contributed by atoms with E-state index in [9.17, 15) is 10.5 Å². The van der Waals surface area contributed by atoms with Crippen LogP contribution in [0.1, 0.15) is 11.1 Å². The molecule has 0 aliphatic rings. The van der Waals surface area contributed by atoms with Crippen molar-refractivity contribution in [2.75, 3.05) is 0 Å². The van der Waals surface area contributed by atoms with E-state index in [1.165, 1.54) is 45.7 Å². The molecule has 0 saturated carbocycles. The molecule has 0 aliphatic heterocycles. The summed E-state index contributed by atoms with van der Waals surface area (Å²) in [6.07, 6.45) is 0. The smallest absolute Gasteiger partial charge is 0.166 e. The van der Waals surface area contributed by atoms with Gasteiger partial charge in [0, 0.05) is 78.6 Å². The minimum atomic E-state index is 0.458. The van der Waals surface area contributed by atoms with Crippen molar-refractivity contribution >= 4 is 107 Å². The molecular formula is C65H35N7S2. The number of rotatable bonds is 6. The fourth-order valence-electron chi connectivity index (χ4n) is 11.2. The van der Waals surface area contributed by atoms with Crippen LogP contribution in [-0.4, -0.2) is 24.1 Å². The SMILES string of the molecule is N#Cc1cccc(-c2ccc(-n3c4ccccc4c4c5sc6ccccc6c5ccc43)c(-c3nc(-c4ccccc4)nc(-c4ccc(C#N)cc4-n4c5ccccc5c5c6sc7ccccc7c6ccc54)n3)c2)c1. The Kier molecular flexibility index (Phi) is 9.29. The maximum Gasteiger partial charge on any atom is 0.166 e. The molecular weight excluding hydrogens is 943 g/mol. The van der Waals surface area contributed by atoms with E-state index in [0.29, 0.717) is 28.6 Å². The van der Waals surface area contributed by atoms with E-state index in [1.807, 2.05) is 95.5 Å². The first kappa shape index (κ1) is 42.0. The highest BCUT2D eigenvalue weighted by atomic mass is 32.1. The summed E-state index contributed by atoms with van der Waals surface area (Å²) >= 11 is 3.64. The second-order valence-electron chi connectivity index (χ2n) is 18.5. The van der Waals surface area contributed by atoms with E-state index < -0.39 is 0 Å². The van der Waals surface area contributed by atoms with Crippen molar-refractivity contribution in [3.63, 3.8) is 0 Å². The normalized spacial score (nSPS) is 11.8. The number of benzene rings is 10. The van der Waals surface area contributed by atoms with Gasteiger partial charge in [-0.3, -0.25) is 0 Å². The van der Waals surface area contributed by atoms with Gasteiger partial charge in [-0.15, -0.1) is 22.7 Å². The topological polar surface area (TPSA) is 96.1 Å². The first-order chi connectivity index (χ1) is 36.6. The molecule has 0 atom stereocenters. The Morgan fingerprint density at radius 3 is 1.49 bits per heavy atom. The fraction of sp³-hybridized carbons (Fsp3) is 0. The van der Waals surface area contributed by atoms with Crippen molar-refractivity contribution in [2.45, 2.75) is 0 Å². The van der Waals surface area contributed by atoms with E-state index in [1.54, 1.807) is 0 Å². The number of aromatic nitrogens is 5. The second kappa shape index (κ2) is 16.4. The van der Waals surface area contributed by atoms with Crippen LogP contribution >= 0.6 is 22.7 Å². The number of para-hydroxylation sites is 2. The molecule has 15 rings (SSSR count). The van der Waals surface area contributed by atoms with E-state index >= 15 is 0 Å². The predicted octanol–water partition coefficient (Wildman–Crippen LogP) is 17.2. The van der Waals surface area contributed by atoms with Gasteiger partial charge < -0.3 is 9.13 Å². The van der Waals surface area contributed by atoms with Gasteiger partial charge in [0.25, 0.3) is 0 Å². The summed E-state index contributed by atoms with van der Waals surface area (Å²) in [5, 5.41) is 30.2. The molecule has 0 N–H and O–H groups in total. The second-order valence-corrected chi connectivity index (χ2v) is 20.6. The summed E-state index contributed by atoms with van der Waals surface area (Å²) in [4.78, 5) is 16.3. The molecule has 10 aromatic carbocycles. The van der Waals surface area contributed by atoms with Gasteiger partial charge in [0.05, 0.1) is 56.7 Å². The number of fused-ring (bicyclic) bond motifs is 14. The molecule has 7 nitrogen and oxygen atoms in total. The molecule has 0 spiro atoms. The Morgan fingerprint density at radius 1 is 0.338 bits per heavy atom. The summed E-state index contributed by atoms with van der Waals surface area (Å²) in [6, 6.07) is 78.1. The zero-order valence-electron chi connectivity index (χ0n) is 39.2. The van der Waals surface area contributed by atoms with E-state index in [0.717, 1.165) is 77.4 Å². The van der Waals surface area contributed by atoms with Crippen LogP contribution in [-0.2, 0) is 0 Å². The highest BCUT2D eigenvalue weighted by molar-refractivity contribution is 7.27. The highest BCUT2D eigenvalue weighted by Crippen LogP contribution is 2.47. The number of nitriles is 2. The zero-order valence-corrected chi connectivity index (χ0v) is 40.8. The van der Waals surface area contributed by atoms with Gasteiger partial charge in [0.2, 0.25) is 0 Å². The largest absolute Gasteiger partial charge is 0.308 e. The van der Waals surface area contributed by atoms with Crippen LogP contribution in [0.5, 0.6) is 0 Å². The van der Waals surface area contributed by atoms with Gasteiger partial charge in [-0.05, 0) is 90.0 Å². The Hall–Kier alpha value is -9.77. The lowest BCUT2D eigenvalue weighted by atomic mass is 9.99. The van der Waals surface area contributed by atoms with E-state index in [4.69, 9.17) is 15.0 Å². The van der Waals surface area contributed by atoms with Crippen LogP contribution in [0.25, 0.3) is 141 Å². The van der Waals surface area contributed by atoms with Crippen LogP contribution in [0.15, 0.2) is 212 Å². The predicted molar refractivity (Wildman–Crippen MR) is 305 cm³/mol. The molecule has 0 aliphatic carbocycles. The van der Waals surface area contributed by atoms with E-state index in [2.05, 4.69) is 161 Å². The standard InChI is InChI=1S/C65H35N7S2/c66-36-38-13-12-16-41(33-38)42-26-30-53(71-51-21-8-4-19-47(51)59-54(71)31-28-45-43-17-6-10-23-57(43)73-61(45)59)50(35-42)65-69-63(40-14-2-1-3-15-40)68-64(70-65)49-27-25-39(37-67)34-56(49)72-52-22-9-5-20-48(52)60-55(72)32-29-46-44-18-7-11-24-58(44)74-62(46)60/h1-35H. The van der Waals surface area contributed by atoms with Crippen LogP contribution in [0, 0.1) is 22.7 Å². The van der Waals surface area contributed by atoms with Crippen molar-refractivity contribution in [1.82, 2.24) is 24.1 Å². The average Bonchev–Trinajstić information content (AvgIpc) is 4.27. The van der Waals surface area contributed by atoms with Crippen molar-refractivity contribution in [3.05, 3.63) is 223 Å². The summed E-state index contributed by atoms with van der Waals surface area (Å²) in [7, 11) is 0. The lowest BCUT2D eigenvalue weighted by Crippen LogP contribution is -2.06. The van der Waals surface area contributed by atoms with Gasteiger partial charge in [-0.25, -0.2) is 15.0 Å². The van der Waals surface area contributed by atoms with Gasteiger partial charge in [-0.1, -0.05) is 133 Å². The molecule has 0 bridgehead atoms. The molecule has 74 heavy (non-hydrogen) atoms. The molecule has 5 aromatic heterocycles. The van der Waals surface area contributed by atoms with Gasteiger partial charge in [0.15, 0.2) is 17.5 Å². The third-order valence-electron chi connectivity index (χ3n) is 14.4. The monoisotopic (exact) mass is 977 g/mol. The van der Waals surface area contributed by atoms with Gasteiger partial charge in [-0.2, -0.15) is 10.5 Å². The lowest BCUT2D eigenvalue weighted by molar-refractivity contribution is 1.06. The van der Waals surface area contributed by atoms with E-state index in [-0.39, 0.29) is 0 Å². The van der Waals surface area contributed by atoms with Crippen molar-refractivity contribution in [3.8, 4) is 68.8 Å². The minimum Gasteiger partial charge on any atom is -0.308 e. The van der Waals surface area contributed by atoms with Crippen LogP contribution in [0.4, 0.5) is 0 Å². The molecule has 0 unspecified atom stereocenters. The van der Waals surface area contributed by atoms with Crippen molar-refractivity contribution in [1.29, 1.82) is 10.5 Å². The molecule has 0 saturated heterocycles. The first-order valence-corrected chi connectivity index (χ1v) is 25.9. The summed E-state index contributed by atoms with van der Waals surface area (Å²) in [5.41, 5.74) is 11.1. The summed E-state index contributed by atoms with van der Waals surface area (Å²) < 4.78 is 9.57. The molecule has 5 heterocycles. The Bertz CT molecular complexity index is 4950. The Labute approximate surface area is 431 Å². The summed E-state index contributed by atoms with van der Waals surface area (Å²) in [6.45, 7) is 0. The quantitative estimate of drug-likeness (QED) is 0.165. The lowest BCUT2D eigenvalue weighted by Gasteiger charge is -2.17. The Morgan fingerprint density at radius 2 is 0.851 bits per heavy atom. The molecule has 0 amide bonds. The van der Waals surface area contributed by atoms with Crippen molar-refractivity contribution in [2.24, 2.45) is 0 Å². The molecule has 9 heteroatoms. The number of nitrogens with zero attached hydrogens (tertiary/aromatic N) is 7. The third-order valence-corrected chi connectivity index (χ3v) is 16.8. The van der Waals surface area contributed by atoms with Gasteiger partial charge >= 0.3 is 0 Å². The molecule has 0 fully saturated rings. The van der Waals surface area contributed by atoms with Gasteiger partial charge in [0.1, 0.15) is 0 Å². The minimum absolute atomic E-state index is 0.458. The highest BCUT2D eigenvalue weighted by Gasteiger charge is 2.25. The Balaban J connectivity index is 1.03. The fourth-order valence-corrected chi connectivity index (χ4v) is 13.7. The first-order valence-electron chi connectivity index (χ1n) is 24.3. The maximum absolute atomic E-state index is 10.6. The van der Waals surface area contributed by atoms with Crippen LogP contribution in [0.2, 0.25) is 0 Å². The maximum atomic E-state index is 10.6. The third kappa shape index (κ3) is 6.31. The molecule has 15 aromatic rings. The molecule has 0 radical (unpaired) electrons. The number of hydrogen-bond acceptors (Lipinski definition) is 7. The zero-order chi connectivity index (χ0) is 49.0. The van der Waals surface area contributed by atoms with Crippen LogP contribution in [0.3, 0.4) is 0 Å².